The summed E-state index contributed by atoms with van der Waals surface area (Å²) in [5.41, 5.74) is 1.16. The fourth-order valence-corrected chi connectivity index (χ4v) is 3.54. The summed E-state index contributed by atoms with van der Waals surface area (Å²) in [6.45, 7) is 6.18. The molecule has 1 aliphatic heterocycles. The third-order valence-corrected chi connectivity index (χ3v) is 5.20. The van der Waals surface area contributed by atoms with Crippen LogP contribution in [0.1, 0.15) is 51.1 Å². The molecule has 3 rings (SSSR count). The molecule has 1 saturated heterocycles. The summed E-state index contributed by atoms with van der Waals surface area (Å²) >= 11 is 0. The highest BCUT2D eigenvalue weighted by Crippen LogP contribution is 2.21. The van der Waals surface area contributed by atoms with Gasteiger partial charge < -0.3 is 5.32 Å². The number of nitrogens with zero attached hydrogens (tertiary/aromatic N) is 1. The minimum Gasteiger partial charge on any atom is -0.348 e. The molecule has 3 nitrogen and oxygen atoms in total. The van der Waals surface area contributed by atoms with Crippen molar-refractivity contribution in [2.75, 3.05) is 13.1 Å². The third kappa shape index (κ3) is 3.96. The van der Waals surface area contributed by atoms with E-state index in [-0.39, 0.29) is 18.0 Å². The number of hydrogen-bond donors (Lipinski definition) is 1. The number of carbonyl (C=O) groups excluding carboxylic acids is 1. The predicted molar refractivity (Wildman–Crippen MR) is 100 cm³/mol. The number of carbonyl (C=O) groups is 1. The lowest BCUT2D eigenvalue weighted by Gasteiger charge is -2.28. The minimum absolute atomic E-state index is 0.0246. The molecule has 0 aromatic heterocycles. The molecule has 0 spiro atoms. The molecule has 0 saturated carbocycles. The quantitative estimate of drug-likeness (QED) is 0.910. The monoisotopic (exact) mass is 324 g/mol. The molecule has 3 heteroatoms. The van der Waals surface area contributed by atoms with Crippen LogP contribution in [0.15, 0.2) is 42.5 Å². The van der Waals surface area contributed by atoms with E-state index >= 15 is 0 Å². The van der Waals surface area contributed by atoms with Crippen molar-refractivity contribution < 1.29 is 4.79 Å². The zero-order valence-corrected chi connectivity index (χ0v) is 14.8. The topological polar surface area (TPSA) is 32.3 Å². The molecule has 1 aliphatic rings. The normalized spacial score (nSPS) is 18.8. The fraction of sp³-hybridized carbons (Fsp3) is 0.476. The second kappa shape index (κ2) is 7.80. The van der Waals surface area contributed by atoms with Gasteiger partial charge in [0.1, 0.15) is 0 Å². The van der Waals surface area contributed by atoms with Crippen LogP contribution < -0.4 is 5.32 Å². The highest BCUT2D eigenvalue weighted by atomic mass is 16.2. The molecule has 1 heterocycles. The number of hydrogen-bond acceptors (Lipinski definition) is 2. The van der Waals surface area contributed by atoms with Crippen molar-refractivity contribution in [2.45, 2.75) is 51.6 Å². The largest absolute Gasteiger partial charge is 0.348 e. The molecule has 2 unspecified atom stereocenters. The van der Waals surface area contributed by atoms with Gasteiger partial charge in [0, 0.05) is 0 Å². The average Bonchev–Trinajstić information content (AvgIpc) is 2.89. The van der Waals surface area contributed by atoms with E-state index in [0.29, 0.717) is 0 Å². The summed E-state index contributed by atoms with van der Waals surface area (Å²) < 4.78 is 0. The van der Waals surface area contributed by atoms with Crippen LogP contribution in [0, 0.1) is 0 Å². The van der Waals surface area contributed by atoms with E-state index in [4.69, 9.17) is 0 Å². The minimum atomic E-state index is -0.0500. The lowest BCUT2D eigenvalue weighted by atomic mass is 10.0. The molecule has 2 aromatic rings. The molecule has 2 aromatic carbocycles. The summed E-state index contributed by atoms with van der Waals surface area (Å²) in [4.78, 5) is 15.0. The number of amides is 1. The maximum absolute atomic E-state index is 12.6. The lowest BCUT2D eigenvalue weighted by molar-refractivity contribution is -0.126. The standard InChI is InChI=1S/C21H28N2O/c1-16(19-12-11-18-9-5-6-10-20(18)15-19)22-21(24)17(2)23-13-7-3-4-8-14-23/h5-6,9-12,15-17H,3-4,7-8,13-14H2,1-2H3,(H,22,24). The lowest BCUT2D eigenvalue weighted by Crippen LogP contribution is -2.46. The van der Waals surface area contributed by atoms with E-state index in [0.717, 1.165) is 18.7 Å². The molecule has 1 N–H and O–H groups in total. The Bertz CT molecular complexity index is 689. The number of rotatable bonds is 4. The van der Waals surface area contributed by atoms with Gasteiger partial charge in [-0.05, 0) is 62.2 Å². The highest BCUT2D eigenvalue weighted by molar-refractivity contribution is 5.84. The smallest absolute Gasteiger partial charge is 0.237 e. The summed E-state index contributed by atoms with van der Waals surface area (Å²) in [6, 6.07) is 14.7. The number of nitrogens with one attached hydrogen (secondary N) is 1. The van der Waals surface area contributed by atoms with Crippen LogP contribution in [0.25, 0.3) is 10.8 Å². The Hall–Kier alpha value is -1.87. The van der Waals surface area contributed by atoms with E-state index in [2.05, 4.69) is 59.6 Å². The van der Waals surface area contributed by atoms with Crippen molar-refractivity contribution in [1.82, 2.24) is 10.2 Å². The summed E-state index contributed by atoms with van der Waals surface area (Å²) in [5, 5.41) is 5.65. The molecular weight excluding hydrogens is 296 g/mol. The van der Waals surface area contributed by atoms with Crippen molar-refractivity contribution >= 4 is 16.7 Å². The maximum Gasteiger partial charge on any atom is 0.237 e. The first-order chi connectivity index (χ1) is 11.6. The molecule has 1 fully saturated rings. The highest BCUT2D eigenvalue weighted by Gasteiger charge is 2.23. The van der Waals surface area contributed by atoms with Gasteiger partial charge in [0.05, 0.1) is 12.1 Å². The van der Waals surface area contributed by atoms with E-state index in [1.54, 1.807) is 0 Å². The van der Waals surface area contributed by atoms with Crippen molar-refractivity contribution in [1.29, 1.82) is 0 Å². The first kappa shape index (κ1) is 17.0. The van der Waals surface area contributed by atoms with Crippen LogP contribution in [0.4, 0.5) is 0 Å². The van der Waals surface area contributed by atoms with Gasteiger partial charge in [0.15, 0.2) is 0 Å². The number of benzene rings is 2. The molecule has 24 heavy (non-hydrogen) atoms. The summed E-state index contributed by atoms with van der Waals surface area (Å²) in [7, 11) is 0. The SMILES string of the molecule is CC(NC(=O)C(C)N1CCCCCC1)c1ccc2ccccc2c1. The molecule has 2 atom stereocenters. The molecule has 0 radical (unpaired) electrons. The van der Waals surface area contributed by atoms with Gasteiger partial charge in [0.2, 0.25) is 5.91 Å². The van der Waals surface area contributed by atoms with Crippen molar-refractivity contribution in [3.05, 3.63) is 48.0 Å². The van der Waals surface area contributed by atoms with Crippen molar-refractivity contribution in [3.63, 3.8) is 0 Å². The van der Waals surface area contributed by atoms with E-state index in [9.17, 15) is 4.79 Å². The molecule has 0 aliphatic carbocycles. The van der Waals surface area contributed by atoms with E-state index in [1.165, 1.54) is 36.5 Å². The van der Waals surface area contributed by atoms with Crippen LogP contribution in [0.3, 0.4) is 0 Å². The Balaban J connectivity index is 1.65. The van der Waals surface area contributed by atoms with Gasteiger partial charge in [-0.1, -0.05) is 49.2 Å². The zero-order chi connectivity index (χ0) is 16.9. The average molecular weight is 324 g/mol. The van der Waals surface area contributed by atoms with Gasteiger partial charge >= 0.3 is 0 Å². The van der Waals surface area contributed by atoms with Crippen LogP contribution in [0.2, 0.25) is 0 Å². The van der Waals surface area contributed by atoms with Gasteiger partial charge in [-0.15, -0.1) is 0 Å². The maximum atomic E-state index is 12.6. The van der Waals surface area contributed by atoms with Crippen LogP contribution >= 0.6 is 0 Å². The summed E-state index contributed by atoms with van der Waals surface area (Å²) in [5.74, 6) is 0.137. The van der Waals surface area contributed by atoms with Gasteiger partial charge in [-0.2, -0.15) is 0 Å². The van der Waals surface area contributed by atoms with Crippen molar-refractivity contribution in [3.8, 4) is 0 Å². The van der Waals surface area contributed by atoms with E-state index in [1.807, 2.05) is 6.92 Å². The zero-order valence-electron chi connectivity index (χ0n) is 14.8. The molecular formula is C21H28N2O. The third-order valence-electron chi connectivity index (χ3n) is 5.20. The fourth-order valence-electron chi connectivity index (χ4n) is 3.54. The Labute approximate surface area is 145 Å². The van der Waals surface area contributed by atoms with Crippen LogP contribution in [-0.2, 0) is 4.79 Å². The molecule has 128 valence electrons. The van der Waals surface area contributed by atoms with Gasteiger partial charge in [0.25, 0.3) is 0 Å². The van der Waals surface area contributed by atoms with Gasteiger partial charge in [-0.25, -0.2) is 0 Å². The Kier molecular flexibility index (Phi) is 5.52. The Morgan fingerprint density at radius 2 is 1.62 bits per heavy atom. The second-order valence-corrected chi connectivity index (χ2v) is 6.96. The van der Waals surface area contributed by atoms with Crippen LogP contribution in [0.5, 0.6) is 0 Å². The number of likely N-dealkylation sites (tertiary alicyclic amines) is 1. The van der Waals surface area contributed by atoms with Crippen molar-refractivity contribution in [2.24, 2.45) is 0 Å². The molecule has 1 amide bonds. The van der Waals surface area contributed by atoms with Gasteiger partial charge in [-0.3, -0.25) is 9.69 Å². The Morgan fingerprint density at radius 3 is 2.33 bits per heavy atom. The Morgan fingerprint density at radius 1 is 0.958 bits per heavy atom. The summed E-state index contributed by atoms with van der Waals surface area (Å²) in [6.07, 6.45) is 4.99. The first-order valence-corrected chi connectivity index (χ1v) is 9.18. The second-order valence-electron chi connectivity index (χ2n) is 6.96. The first-order valence-electron chi connectivity index (χ1n) is 9.18. The van der Waals surface area contributed by atoms with Crippen LogP contribution in [-0.4, -0.2) is 29.9 Å². The van der Waals surface area contributed by atoms with E-state index < -0.39 is 0 Å². The molecule has 0 bridgehead atoms. The predicted octanol–water partition coefficient (Wildman–Crippen LogP) is 4.28. The number of fused-ring (bicyclic) bond motifs is 1.